The smallest absolute Gasteiger partial charge is 0.321 e. The molecule has 0 saturated carbocycles. The lowest BCUT2D eigenvalue weighted by Crippen LogP contribution is -2.53. The molecule has 2 amide bonds. The zero-order chi connectivity index (χ0) is 23.5. The van der Waals surface area contributed by atoms with E-state index >= 15 is 0 Å². The molecule has 7 nitrogen and oxygen atoms in total. The van der Waals surface area contributed by atoms with Crippen molar-refractivity contribution in [1.29, 1.82) is 0 Å². The Balaban J connectivity index is 1.45. The molecule has 2 saturated heterocycles. The van der Waals surface area contributed by atoms with Crippen LogP contribution in [0.5, 0.6) is 11.8 Å². The third-order valence-corrected chi connectivity index (χ3v) is 7.13. The van der Waals surface area contributed by atoms with Crippen LogP contribution in [0, 0.1) is 0 Å². The summed E-state index contributed by atoms with van der Waals surface area (Å²) in [7, 11) is 1.91. The average molecular weight is 457 g/mol. The molecule has 3 heterocycles. The minimum atomic E-state index is -0.406. The minimum Gasteiger partial charge on any atom is -0.424 e. The number of carbonyl (C=O) groups excluding carboxylic acids is 2. The lowest BCUT2D eigenvalue weighted by Gasteiger charge is -2.42. The van der Waals surface area contributed by atoms with Gasteiger partial charge in [0.1, 0.15) is 5.75 Å². The standard InChI is InChI=1S/C27H28N4O3/c1-30-24(32)13-5-6-14-27(30)19-31(18-23(27)20-9-3-2-4-10-20)25(33)21-11-7-12-22(17-21)34-26-28-15-8-16-29-26/h2-4,7-12,15-17,23H,5-6,13-14,18-19H2,1H3/t23-,27+/m0/s1. The Labute approximate surface area is 199 Å². The summed E-state index contributed by atoms with van der Waals surface area (Å²) in [5, 5.41) is 0. The van der Waals surface area contributed by atoms with Gasteiger partial charge in [-0.25, -0.2) is 9.97 Å². The van der Waals surface area contributed by atoms with Gasteiger partial charge in [0.25, 0.3) is 5.91 Å². The molecule has 7 heteroatoms. The monoisotopic (exact) mass is 456 g/mol. The molecule has 1 aromatic heterocycles. The summed E-state index contributed by atoms with van der Waals surface area (Å²) in [6, 6.07) is 19.3. The Morgan fingerprint density at radius 2 is 1.82 bits per heavy atom. The molecule has 1 spiro atoms. The number of benzene rings is 2. The van der Waals surface area contributed by atoms with Crippen LogP contribution < -0.4 is 4.74 Å². The van der Waals surface area contributed by atoms with Crippen molar-refractivity contribution in [3.05, 3.63) is 84.2 Å². The van der Waals surface area contributed by atoms with E-state index < -0.39 is 5.54 Å². The van der Waals surface area contributed by atoms with E-state index in [1.54, 1.807) is 42.7 Å². The topological polar surface area (TPSA) is 75.6 Å². The lowest BCUT2D eigenvalue weighted by atomic mass is 9.78. The van der Waals surface area contributed by atoms with Gasteiger partial charge in [0.05, 0.1) is 5.54 Å². The van der Waals surface area contributed by atoms with Crippen LogP contribution in [0.4, 0.5) is 0 Å². The fraction of sp³-hybridized carbons (Fsp3) is 0.333. The normalized spacial score (nSPS) is 22.6. The van der Waals surface area contributed by atoms with Gasteiger partial charge in [0.2, 0.25) is 5.91 Å². The minimum absolute atomic E-state index is 0.0573. The highest BCUT2D eigenvalue weighted by Gasteiger charge is 2.52. The van der Waals surface area contributed by atoms with Gasteiger partial charge in [-0.05, 0) is 42.7 Å². The van der Waals surface area contributed by atoms with Gasteiger partial charge in [-0.15, -0.1) is 0 Å². The second-order valence-corrected chi connectivity index (χ2v) is 9.07. The Hall–Kier alpha value is -3.74. The molecule has 0 unspecified atom stereocenters. The summed E-state index contributed by atoms with van der Waals surface area (Å²) in [6.45, 7) is 1.08. The Morgan fingerprint density at radius 3 is 2.62 bits per heavy atom. The van der Waals surface area contributed by atoms with Gasteiger partial charge in [-0.3, -0.25) is 9.59 Å². The van der Waals surface area contributed by atoms with E-state index in [-0.39, 0.29) is 23.7 Å². The summed E-state index contributed by atoms with van der Waals surface area (Å²) in [5.41, 5.74) is 1.30. The van der Waals surface area contributed by atoms with E-state index in [2.05, 4.69) is 22.1 Å². The summed E-state index contributed by atoms with van der Waals surface area (Å²) in [4.78, 5) is 38.6. The first-order valence-electron chi connectivity index (χ1n) is 11.7. The Bertz CT molecular complexity index is 1170. The number of nitrogens with zero attached hydrogens (tertiary/aromatic N) is 4. The molecule has 2 atom stereocenters. The van der Waals surface area contributed by atoms with Gasteiger partial charge >= 0.3 is 6.01 Å². The van der Waals surface area contributed by atoms with Crippen LogP contribution in [-0.4, -0.2) is 57.3 Å². The van der Waals surface area contributed by atoms with Gasteiger partial charge in [0, 0.05) is 50.4 Å². The largest absolute Gasteiger partial charge is 0.424 e. The van der Waals surface area contributed by atoms with Crippen molar-refractivity contribution >= 4 is 11.8 Å². The number of ether oxygens (including phenoxy) is 1. The van der Waals surface area contributed by atoms with Crippen LogP contribution in [0.2, 0.25) is 0 Å². The van der Waals surface area contributed by atoms with Crippen molar-refractivity contribution in [2.45, 2.75) is 37.1 Å². The molecule has 2 aliphatic heterocycles. The molecule has 3 aromatic rings. The van der Waals surface area contributed by atoms with Crippen LogP contribution >= 0.6 is 0 Å². The number of hydrogen-bond acceptors (Lipinski definition) is 5. The number of hydrogen-bond donors (Lipinski definition) is 0. The molecule has 0 N–H and O–H groups in total. The van der Waals surface area contributed by atoms with Crippen molar-refractivity contribution in [3.63, 3.8) is 0 Å². The zero-order valence-electron chi connectivity index (χ0n) is 19.3. The second-order valence-electron chi connectivity index (χ2n) is 9.07. The van der Waals surface area contributed by atoms with E-state index in [1.807, 2.05) is 35.0 Å². The second kappa shape index (κ2) is 9.25. The van der Waals surface area contributed by atoms with E-state index in [9.17, 15) is 9.59 Å². The van der Waals surface area contributed by atoms with E-state index in [0.29, 0.717) is 30.8 Å². The van der Waals surface area contributed by atoms with Crippen molar-refractivity contribution in [1.82, 2.24) is 19.8 Å². The van der Waals surface area contributed by atoms with E-state index in [1.165, 1.54) is 0 Å². The highest BCUT2D eigenvalue weighted by molar-refractivity contribution is 5.95. The highest BCUT2D eigenvalue weighted by atomic mass is 16.5. The summed E-state index contributed by atoms with van der Waals surface area (Å²) < 4.78 is 5.73. The quantitative estimate of drug-likeness (QED) is 0.586. The first kappa shape index (κ1) is 22.1. The summed E-state index contributed by atoms with van der Waals surface area (Å²) in [5.74, 6) is 0.655. The molecule has 34 heavy (non-hydrogen) atoms. The maximum Gasteiger partial charge on any atom is 0.321 e. The van der Waals surface area contributed by atoms with Crippen molar-refractivity contribution in [3.8, 4) is 11.8 Å². The van der Waals surface area contributed by atoms with Gasteiger partial charge in [-0.1, -0.05) is 42.8 Å². The van der Waals surface area contributed by atoms with Crippen molar-refractivity contribution in [2.24, 2.45) is 0 Å². The molecule has 2 aromatic carbocycles. The number of amides is 2. The van der Waals surface area contributed by atoms with Crippen molar-refractivity contribution in [2.75, 3.05) is 20.1 Å². The SMILES string of the molecule is CN1C(=O)CCCC[C@]12CN(C(=O)c1cccc(Oc3ncccn3)c1)C[C@H]2c1ccccc1. The predicted octanol–water partition coefficient (Wildman–Crippen LogP) is 4.28. The molecule has 174 valence electrons. The fourth-order valence-electron chi connectivity index (χ4n) is 5.35. The Morgan fingerprint density at radius 1 is 1.03 bits per heavy atom. The molecule has 5 rings (SSSR count). The van der Waals surface area contributed by atoms with Gasteiger partial charge in [0.15, 0.2) is 0 Å². The van der Waals surface area contributed by atoms with Crippen LogP contribution in [0.1, 0.15) is 47.5 Å². The molecular formula is C27H28N4O3. The number of carbonyl (C=O) groups is 2. The molecule has 2 fully saturated rings. The van der Waals surface area contributed by atoms with Gasteiger partial charge < -0.3 is 14.5 Å². The van der Waals surface area contributed by atoms with Crippen molar-refractivity contribution < 1.29 is 14.3 Å². The first-order chi connectivity index (χ1) is 16.6. The fourth-order valence-corrected chi connectivity index (χ4v) is 5.35. The first-order valence-corrected chi connectivity index (χ1v) is 11.7. The van der Waals surface area contributed by atoms with Crippen LogP contribution in [0.15, 0.2) is 73.1 Å². The van der Waals surface area contributed by atoms with Crippen LogP contribution in [-0.2, 0) is 4.79 Å². The lowest BCUT2D eigenvalue weighted by molar-refractivity contribution is -0.134. The number of likely N-dealkylation sites (tertiary alicyclic amines) is 2. The van der Waals surface area contributed by atoms with E-state index in [4.69, 9.17) is 4.74 Å². The molecule has 0 radical (unpaired) electrons. The van der Waals surface area contributed by atoms with Gasteiger partial charge in [-0.2, -0.15) is 0 Å². The Kier molecular flexibility index (Phi) is 6.01. The molecule has 0 aliphatic carbocycles. The third kappa shape index (κ3) is 4.14. The van der Waals surface area contributed by atoms with E-state index in [0.717, 1.165) is 24.8 Å². The number of rotatable bonds is 4. The molecule has 0 bridgehead atoms. The summed E-state index contributed by atoms with van der Waals surface area (Å²) in [6.07, 6.45) is 6.52. The van der Waals surface area contributed by atoms with Crippen LogP contribution in [0.25, 0.3) is 0 Å². The molecular weight excluding hydrogens is 428 g/mol. The number of likely N-dealkylation sites (N-methyl/N-ethyl adjacent to an activating group) is 1. The zero-order valence-corrected chi connectivity index (χ0v) is 19.3. The average Bonchev–Trinajstić information content (AvgIpc) is 3.21. The van der Waals surface area contributed by atoms with Crippen LogP contribution in [0.3, 0.4) is 0 Å². The maximum atomic E-state index is 13.7. The number of aromatic nitrogens is 2. The summed E-state index contributed by atoms with van der Waals surface area (Å²) >= 11 is 0. The molecule has 2 aliphatic rings. The third-order valence-electron chi connectivity index (χ3n) is 7.13. The predicted molar refractivity (Wildman–Crippen MR) is 128 cm³/mol. The highest BCUT2D eigenvalue weighted by Crippen LogP contribution is 2.45. The maximum absolute atomic E-state index is 13.7.